The van der Waals surface area contributed by atoms with Gasteiger partial charge in [-0.25, -0.2) is 26.3 Å². The van der Waals surface area contributed by atoms with Crippen LogP contribution in [0.25, 0.3) is 11.1 Å². The number of carbonyl (C=O) groups is 1. The van der Waals surface area contributed by atoms with Crippen molar-refractivity contribution >= 4 is 6.29 Å². The molecule has 0 aliphatic heterocycles. The Labute approximate surface area is 108 Å². The summed E-state index contributed by atoms with van der Waals surface area (Å²) in [7, 11) is 0. The first-order chi connectivity index (χ1) is 9.38. The highest BCUT2D eigenvalue weighted by Crippen LogP contribution is 2.32. The van der Waals surface area contributed by atoms with Gasteiger partial charge in [-0.05, 0) is 17.7 Å². The lowest BCUT2D eigenvalue weighted by Crippen LogP contribution is -2.04. The maximum Gasteiger partial charge on any atom is 0.200 e. The number of halogens is 6. The zero-order chi connectivity index (χ0) is 15.0. The number of rotatable bonds is 2. The van der Waals surface area contributed by atoms with E-state index < -0.39 is 51.6 Å². The van der Waals surface area contributed by atoms with Gasteiger partial charge in [0.15, 0.2) is 29.6 Å². The van der Waals surface area contributed by atoms with E-state index in [0.29, 0.717) is 12.1 Å². The van der Waals surface area contributed by atoms with Crippen LogP contribution in [-0.4, -0.2) is 6.29 Å². The van der Waals surface area contributed by atoms with Crippen molar-refractivity contribution in [3.63, 3.8) is 0 Å². The molecule has 0 atom stereocenters. The molecule has 0 spiro atoms. The zero-order valence-electron chi connectivity index (χ0n) is 9.49. The monoisotopic (exact) mass is 290 g/mol. The Hall–Kier alpha value is -2.31. The average Bonchev–Trinajstić information content (AvgIpc) is 2.45. The van der Waals surface area contributed by atoms with Crippen LogP contribution in [0.3, 0.4) is 0 Å². The van der Waals surface area contributed by atoms with Gasteiger partial charge in [0.1, 0.15) is 5.82 Å². The number of benzene rings is 2. The normalized spacial score (nSPS) is 10.7. The summed E-state index contributed by atoms with van der Waals surface area (Å²) in [6, 6.07) is 2.19. The van der Waals surface area contributed by atoms with Gasteiger partial charge < -0.3 is 0 Å². The smallest absolute Gasteiger partial charge is 0.200 e. The van der Waals surface area contributed by atoms with E-state index in [1.807, 2.05) is 0 Å². The number of hydrogen-bond acceptors (Lipinski definition) is 1. The van der Waals surface area contributed by atoms with Crippen LogP contribution < -0.4 is 0 Å². The molecule has 7 heteroatoms. The summed E-state index contributed by atoms with van der Waals surface area (Å²) in [5, 5.41) is 0. The van der Waals surface area contributed by atoms with E-state index in [9.17, 15) is 31.1 Å². The van der Waals surface area contributed by atoms with Crippen LogP contribution in [0.5, 0.6) is 0 Å². The lowest BCUT2D eigenvalue weighted by Gasteiger charge is -2.09. The molecule has 0 heterocycles. The van der Waals surface area contributed by atoms with Gasteiger partial charge in [0.2, 0.25) is 5.82 Å². The first-order valence-corrected chi connectivity index (χ1v) is 5.15. The predicted molar refractivity (Wildman–Crippen MR) is 57.0 cm³/mol. The molecule has 0 bridgehead atoms. The van der Waals surface area contributed by atoms with E-state index in [2.05, 4.69) is 0 Å². The second-order valence-electron chi connectivity index (χ2n) is 3.80. The minimum absolute atomic E-state index is 0.0604. The minimum atomic E-state index is -2.29. The summed E-state index contributed by atoms with van der Waals surface area (Å²) in [5.41, 5.74) is -2.28. The van der Waals surface area contributed by atoms with Crippen LogP contribution >= 0.6 is 0 Å². The lowest BCUT2D eigenvalue weighted by molar-refractivity contribution is 0.112. The van der Waals surface area contributed by atoms with E-state index >= 15 is 0 Å². The van der Waals surface area contributed by atoms with E-state index in [0.717, 1.165) is 6.07 Å². The maximum absolute atomic E-state index is 13.5. The average molecular weight is 290 g/mol. The molecule has 0 saturated heterocycles. The Morgan fingerprint density at radius 3 is 1.75 bits per heavy atom. The van der Waals surface area contributed by atoms with Gasteiger partial charge in [-0.1, -0.05) is 6.07 Å². The second kappa shape index (κ2) is 4.99. The lowest BCUT2D eigenvalue weighted by atomic mass is 10.0. The molecule has 104 valence electrons. The van der Waals surface area contributed by atoms with Gasteiger partial charge in [-0.3, -0.25) is 4.79 Å². The van der Waals surface area contributed by atoms with Gasteiger partial charge in [0.25, 0.3) is 0 Å². The quantitative estimate of drug-likeness (QED) is 0.353. The molecule has 0 fully saturated rings. The Bertz CT molecular complexity index is 681. The van der Waals surface area contributed by atoms with E-state index in [-0.39, 0.29) is 6.29 Å². The van der Waals surface area contributed by atoms with Gasteiger partial charge >= 0.3 is 0 Å². The molecule has 2 aromatic carbocycles. The predicted octanol–water partition coefficient (Wildman–Crippen LogP) is 4.00. The van der Waals surface area contributed by atoms with Crippen LogP contribution in [0.1, 0.15) is 10.4 Å². The topological polar surface area (TPSA) is 17.1 Å². The van der Waals surface area contributed by atoms with Crippen LogP contribution in [0.4, 0.5) is 26.3 Å². The van der Waals surface area contributed by atoms with Gasteiger partial charge in [-0.15, -0.1) is 0 Å². The van der Waals surface area contributed by atoms with Crippen LogP contribution in [0.2, 0.25) is 0 Å². The molecule has 20 heavy (non-hydrogen) atoms. The van der Waals surface area contributed by atoms with Crippen molar-refractivity contribution in [3.05, 3.63) is 58.7 Å². The van der Waals surface area contributed by atoms with E-state index in [1.165, 1.54) is 0 Å². The van der Waals surface area contributed by atoms with Crippen LogP contribution in [0.15, 0.2) is 18.2 Å². The molecule has 0 aromatic heterocycles. The molecule has 0 amide bonds. The molecular weight excluding hydrogens is 286 g/mol. The van der Waals surface area contributed by atoms with Crippen LogP contribution in [-0.2, 0) is 0 Å². The van der Waals surface area contributed by atoms with Crippen molar-refractivity contribution in [2.45, 2.75) is 0 Å². The number of carbonyl (C=O) groups excluding carboxylic acids is 1. The minimum Gasteiger partial charge on any atom is -0.298 e. The second-order valence-corrected chi connectivity index (χ2v) is 3.80. The fourth-order valence-corrected chi connectivity index (χ4v) is 1.65. The van der Waals surface area contributed by atoms with E-state index in [4.69, 9.17) is 0 Å². The Kier molecular flexibility index (Phi) is 3.52. The standard InChI is InChI=1S/C13H4F6O/c14-7-2-1-5(3-6(7)4-20)8-9(15)11(17)13(19)12(18)10(8)16/h1-4H. The fraction of sp³-hybridized carbons (Fsp3) is 0. The molecule has 0 saturated carbocycles. The van der Waals surface area contributed by atoms with Gasteiger partial charge in [0.05, 0.1) is 11.1 Å². The highest BCUT2D eigenvalue weighted by molar-refractivity contribution is 5.79. The van der Waals surface area contributed by atoms with Crippen molar-refractivity contribution in [1.29, 1.82) is 0 Å². The first-order valence-electron chi connectivity index (χ1n) is 5.15. The third-order valence-corrected chi connectivity index (χ3v) is 2.62. The Balaban J connectivity index is 2.79. The number of aldehydes is 1. The molecule has 0 N–H and O–H groups in total. The summed E-state index contributed by atoms with van der Waals surface area (Å²) in [6.45, 7) is 0. The third-order valence-electron chi connectivity index (χ3n) is 2.62. The van der Waals surface area contributed by atoms with Gasteiger partial charge in [-0.2, -0.15) is 0 Å². The molecule has 2 rings (SSSR count). The van der Waals surface area contributed by atoms with Crippen LogP contribution in [0, 0.1) is 34.9 Å². The molecule has 1 nitrogen and oxygen atoms in total. The number of hydrogen-bond donors (Lipinski definition) is 0. The van der Waals surface area contributed by atoms with Crippen molar-refractivity contribution in [2.24, 2.45) is 0 Å². The maximum atomic E-state index is 13.5. The highest BCUT2D eigenvalue weighted by atomic mass is 19.2. The summed E-state index contributed by atoms with van der Waals surface area (Å²) in [4.78, 5) is 10.5. The third kappa shape index (κ3) is 2.04. The largest absolute Gasteiger partial charge is 0.298 e. The fourth-order valence-electron chi connectivity index (χ4n) is 1.65. The summed E-state index contributed by atoms with van der Waals surface area (Å²) in [5.74, 6) is -11.6. The van der Waals surface area contributed by atoms with Crippen molar-refractivity contribution < 1.29 is 31.1 Å². The highest BCUT2D eigenvalue weighted by Gasteiger charge is 2.26. The van der Waals surface area contributed by atoms with Crippen molar-refractivity contribution in [3.8, 4) is 11.1 Å². The Morgan fingerprint density at radius 1 is 0.750 bits per heavy atom. The SMILES string of the molecule is O=Cc1cc(-c2c(F)c(F)c(F)c(F)c2F)ccc1F. The first kappa shape index (κ1) is 14.1. The van der Waals surface area contributed by atoms with E-state index in [1.54, 1.807) is 0 Å². The van der Waals surface area contributed by atoms with Gasteiger partial charge in [0, 0.05) is 0 Å². The Morgan fingerprint density at radius 2 is 1.25 bits per heavy atom. The molecular formula is C13H4F6O. The summed E-state index contributed by atoms with van der Waals surface area (Å²) < 4.78 is 79.1. The molecule has 0 aliphatic carbocycles. The van der Waals surface area contributed by atoms with Crippen molar-refractivity contribution in [2.75, 3.05) is 0 Å². The molecule has 0 unspecified atom stereocenters. The molecule has 2 aromatic rings. The summed E-state index contributed by atoms with van der Waals surface area (Å²) >= 11 is 0. The molecule has 0 aliphatic rings. The summed E-state index contributed by atoms with van der Waals surface area (Å²) in [6.07, 6.45) is 0.0604. The van der Waals surface area contributed by atoms with Crippen molar-refractivity contribution in [1.82, 2.24) is 0 Å². The molecule has 0 radical (unpaired) electrons. The zero-order valence-corrected chi connectivity index (χ0v) is 9.49.